The third-order valence-electron chi connectivity index (χ3n) is 3.81. The van der Waals surface area contributed by atoms with Gasteiger partial charge in [0.1, 0.15) is 0 Å². The van der Waals surface area contributed by atoms with E-state index in [9.17, 15) is 0 Å². The summed E-state index contributed by atoms with van der Waals surface area (Å²) in [5, 5.41) is 9.37. The Balaban J connectivity index is 1.84. The smallest absolute Gasteiger partial charge is 0.0900 e. The number of nitrogens with one attached hydrogen (secondary N) is 1. The van der Waals surface area contributed by atoms with Crippen molar-refractivity contribution in [2.75, 3.05) is 6.54 Å². The zero-order valence-electron chi connectivity index (χ0n) is 12.7. The molecule has 3 aromatic rings. The molecule has 0 fully saturated rings. The van der Waals surface area contributed by atoms with E-state index in [1.165, 1.54) is 16.6 Å². The van der Waals surface area contributed by atoms with Crippen LogP contribution >= 0.6 is 0 Å². The molecule has 3 rings (SSSR count). The molecule has 4 nitrogen and oxygen atoms in total. The van der Waals surface area contributed by atoms with Gasteiger partial charge >= 0.3 is 0 Å². The normalized spacial score (nSPS) is 11.3. The van der Waals surface area contributed by atoms with Crippen molar-refractivity contribution in [3.8, 4) is 0 Å². The molecule has 0 saturated carbocycles. The summed E-state index contributed by atoms with van der Waals surface area (Å²) < 4.78 is 4.24. The van der Waals surface area contributed by atoms with Crippen LogP contribution in [0.4, 0.5) is 0 Å². The number of benzene rings is 1. The number of nitrogens with zero attached hydrogens (tertiary/aromatic N) is 3. The van der Waals surface area contributed by atoms with E-state index < -0.39 is 0 Å². The van der Waals surface area contributed by atoms with Gasteiger partial charge in [-0.2, -0.15) is 5.10 Å². The van der Waals surface area contributed by atoms with Gasteiger partial charge in [-0.25, -0.2) is 0 Å². The average Bonchev–Trinajstić information content (AvgIpc) is 3.06. The predicted octanol–water partition coefficient (Wildman–Crippen LogP) is 2.92. The Labute approximate surface area is 125 Å². The van der Waals surface area contributed by atoms with Crippen LogP contribution in [0.1, 0.15) is 24.7 Å². The Kier molecular flexibility index (Phi) is 4.06. The van der Waals surface area contributed by atoms with Crippen LogP contribution in [0.15, 0.2) is 42.6 Å². The van der Waals surface area contributed by atoms with E-state index in [1.54, 1.807) is 0 Å². The van der Waals surface area contributed by atoms with E-state index >= 15 is 0 Å². The fourth-order valence-electron chi connectivity index (χ4n) is 2.72. The summed E-state index contributed by atoms with van der Waals surface area (Å²) in [6.45, 7) is 4.97. The third kappa shape index (κ3) is 2.85. The second-order valence-electron chi connectivity index (χ2n) is 5.39. The molecule has 0 bridgehead atoms. The molecule has 110 valence electrons. The molecule has 21 heavy (non-hydrogen) atoms. The summed E-state index contributed by atoms with van der Waals surface area (Å²) in [5.74, 6) is 0. The van der Waals surface area contributed by atoms with Crippen LogP contribution < -0.4 is 5.32 Å². The van der Waals surface area contributed by atoms with Gasteiger partial charge in [-0.1, -0.05) is 25.1 Å². The summed E-state index contributed by atoms with van der Waals surface area (Å²) in [6, 6.07) is 12.7. The first-order chi connectivity index (χ1) is 10.3. The van der Waals surface area contributed by atoms with E-state index in [4.69, 9.17) is 0 Å². The fourth-order valence-corrected chi connectivity index (χ4v) is 2.72. The number of rotatable bonds is 6. The van der Waals surface area contributed by atoms with Gasteiger partial charge in [0.2, 0.25) is 0 Å². The summed E-state index contributed by atoms with van der Waals surface area (Å²) >= 11 is 0. The number of hydrogen-bond donors (Lipinski definition) is 1. The maximum Gasteiger partial charge on any atom is 0.0900 e. The molecule has 0 amide bonds. The third-order valence-corrected chi connectivity index (χ3v) is 3.81. The zero-order chi connectivity index (χ0) is 14.7. The lowest BCUT2D eigenvalue weighted by Gasteiger charge is -2.09. The molecule has 4 heteroatoms. The Morgan fingerprint density at radius 1 is 1.14 bits per heavy atom. The molecule has 0 unspecified atom stereocenters. The molecule has 0 saturated heterocycles. The van der Waals surface area contributed by atoms with Gasteiger partial charge in [0.05, 0.1) is 17.8 Å². The topological polar surface area (TPSA) is 34.8 Å². The van der Waals surface area contributed by atoms with Gasteiger partial charge in [0, 0.05) is 30.9 Å². The molecule has 2 aromatic heterocycles. The summed E-state index contributed by atoms with van der Waals surface area (Å²) in [5.41, 5.74) is 3.62. The second kappa shape index (κ2) is 6.14. The van der Waals surface area contributed by atoms with Crippen LogP contribution in [0, 0.1) is 0 Å². The molecular weight excluding hydrogens is 260 g/mol. The first-order valence-corrected chi connectivity index (χ1v) is 7.55. The van der Waals surface area contributed by atoms with Crippen LogP contribution in [0.2, 0.25) is 0 Å². The predicted molar refractivity (Wildman–Crippen MR) is 86.2 cm³/mol. The number of hydrogen-bond acceptors (Lipinski definition) is 2. The Morgan fingerprint density at radius 2 is 2.00 bits per heavy atom. The Bertz CT molecular complexity index is 723. The van der Waals surface area contributed by atoms with Gasteiger partial charge in [-0.05, 0) is 31.2 Å². The molecule has 0 aliphatic heterocycles. The van der Waals surface area contributed by atoms with Crippen LogP contribution in [0.25, 0.3) is 10.9 Å². The Morgan fingerprint density at radius 3 is 2.86 bits per heavy atom. The molecular formula is C17H22N4. The molecule has 1 aromatic carbocycles. The first-order valence-electron chi connectivity index (χ1n) is 7.55. The van der Waals surface area contributed by atoms with Crippen LogP contribution in [-0.2, 0) is 20.1 Å². The number of para-hydroxylation sites is 1. The maximum atomic E-state index is 4.68. The molecule has 0 atom stereocenters. The molecule has 2 heterocycles. The highest BCUT2D eigenvalue weighted by molar-refractivity contribution is 5.81. The minimum absolute atomic E-state index is 0.817. The zero-order valence-corrected chi connectivity index (χ0v) is 12.7. The fraction of sp³-hybridized carbons (Fsp3) is 0.353. The van der Waals surface area contributed by atoms with Crippen molar-refractivity contribution in [2.45, 2.75) is 26.4 Å². The SMILES string of the molecule is CCCNCc1cccn1Cc1nn(C)c2ccccc12. The molecule has 0 aliphatic carbocycles. The van der Waals surface area contributed by atoms with Gasteiger partial charge in [-0.15, -0.1) is 0 Å². The summed E-state index contributed by atoms with van der Waals surface area (Å²) in [4.78, 5) is 0. The largest absolute Gasteiger partial charge is 0.344 e. The lowest BCUT2D eigenvalue weighted by molar-refractivity contribution is 0.623. The van der Waals surface area contributed by atoms with Crippen molar-refractivity contribution in [1.82, 2.24) is 19.7 Å². The number of fused-ring (bicyclic) bond motifs is 1. The quantitative estimate of drug-likeness (QED) is 0.705. The lowest BCUT2D eigenvalue weighted by atomic mass is 10.2. The lowest BCUT2D eigenvalue weighted by Crippen LogP contribution is -2.17. The van der Waals surface area contributed by atoms with Crippen LogP contribution in [-0.4, -0.2) is 20.9 Å². The summed E-state index contributed by atoms with van der Waals surface area (Å²) in [6.07, 6.45) is 3.29. The van der Waals surface area contributed by atoms with E-state index in [2.05, 4.69) is 64.5 Å². The van der Waals surface area contributed by atoms with Crippen molar-refractivity contribution >= 4 is 10.9 Å². The highest BCUT2D eigenvalue weighted by Gasteiger charge is 2.09. The molecule has 0 aliphatic rings. The maximum absolute atomic E-state index is 4.68. The minimum atomic E-state index is 0.817. The average molecular weight is 282 g/mol. The van der Waals surface area contributed by atoms with E-state index in [1.807, 2.05) is 11.7 Å². The number of aryl methyl sites for hydroxylation is 1. The second-order valence-corrected chi connectivity index (χ2v) is 5.39. The number of aromatic nitrogens is 3. The van der Waals surface area contributed by atoms with Crippen molar-refractivity contribution in [3.05, 3.63) is 54.0 Å². The monoisotopic (exact) mass is 282 g/mol. The van der Waals surface area contributed by atoms with Gasteiger partial charge in [0.25, 0.3) is 0 Å². The van der Waals surface area contributed by atoms with Crippen molar-refractivity contribution in [3.63, 3.8) is 0 Å². The van der Waals surface area contributed by atoms with Crippen molar-refractivity contribution in [2.24, 2.45) is 7.05 Å². The Hall–Kier alpha value is -2.07. The molecule has 1 N–H and O–H groups in total. The standard InChI is InChI=1S/C17H22N4/c1-3-10-18-12-14-7-6-11-21(14)13-16-15-8-4-5-9-17(15)20(2)19-16/h4-9,11,18H,3,10,12-13H2,1-2H3. The van der Waals surface area contributed by atoms with Gasteiger partial charge in [-0.3, -0.25) is 4.68 Å². The first kappa shape index (κ1) is 13.9. The highest BCUT2D eigenvalue weighted by atomic mass is 15.3. The van der Waals surface area contributed by atoms with E-state index in [0.717, 1.165) is 31.7 Å². The highest BCUT2D eigenvalue weighted by Crippen LogP contribution is 2.19. The van der Waals surface area contributed by atoms with Crippen molar-refractivity contribution in [1.29, 1.82) is 0 Å². The molecule has 0 radical (unpaired) electrons. The van der Waals surface area contributed by atoms with Crippen LogP contribution in [0.5, 0.6) is 0 Å². The summed E-state index contributed by atoms with van der Waals surface area (Å²) in [7, 11) is 2.01. The van der Waals surface area contributed by atoms with Gasteiger partial charge in [0.15, 0.2) is 0 Å². The van der Waals surface area contributed by atoms with Gasteiger partial charge < -0.3 is 9.88 Å². The van der Waals surface area contributed by atoms with E-state index in [0.29, 0.717) is 0 Å². The molecule has 0 spiro atoms. The van der Waals surface area contributed by atoms with Crippen molar-refractivity contribution < 1.29 is 0 Å². The van der Waals surface area contributed by atoms with E-state index in [-0.39, 0.29) is 0 Å². The minimum Gasteiger partial charge on any atom is -0.344 e. The van der Waals surface area contributed by atoms with Crippen LogP contribution in [0.3, 0.4) is 0 Å².